The van der Waals surface area contributed by atoms with E-state index in [0.717, 1.165) is 11.1 Å². The van der Waals surface area contributed by atoms with Crippen molar-refractivity contribution in [1.29, 1.82) is 0 Å². The minimum Gasteiger partial charge on any atom is -0.480 e. The van der Waals surface area contributed by atoms with Crippen LogP contribution in [0.15, 0.2) is 83.8 Å². The van der Waals surface area contributed by atoms with E-state index in [1.165, 1.54) is 10.6 Å². The third-order valence-electron chi connectivity index (χ3n) is 4.74. The molecule has 0 bridgehead atoms. The number of aliphatic carboxylic acids is 1. The van der Waals surface area contributed by atoms with Crippen molar-refractivity contribution in [3.05, 3.63) is 106 Å². The zero-order valence-corrected chi connectivity index (χ0v) is 16.0. The number of hydrogen-bond donors (Lipinski definition) is 2. The molecule has 0 aliphatic heterocycles. The van der Waals surface area contributed by atoms with Crippen LogP contribution in [0.4, 0.5) is 0 Å². The van der Waals surface area contributed by atoms with E-state index in [1.807, 2.05) is 60.7 Å². The number of hydrogen-bond acceptors (Lipinski definition) is 3. The van der Waals surface area contributed by atoms with Gasteiger partial charge >= 0.3 is 5.97 Å². The molecule has 0 aliphatic carbocycles. The maximum atomic E-state index is 13.2. The van der Waals surface area contributed by atoms with Gasteiger partial charge in [0.25, 0.3) is 11.5 Å². The fourth-order valence-corrected chi connectivity index (χ4v) is 3.24. The summed E-state index contributed by atoms with van der Waals surface area (Å²) in [6, 6.07) is 20.6. The molecule has 29 heavy (non-hydrogen) atoms. The third kappa shape index (κ3) is 4.43. The molecular formula is C23H22N2O4. The highest BCUT2D eigenvalue weighted by molar-refractivity contribution is 5.96. The van der Waals surface area contributed by atoms with Crippen LogP contribution in [-0.4, -0.2) is 27.6 Å². The van der Waals surface area contributed by atoms with E-state index in [0.29, 0.717) is 0 Å². The fraction of sp³-hybridized carbons (Fsp3) is 0.174. The number of nitrogens with zero attached hydrogens (tertiary/aromatic N) is 1. The van der Waals surface area contributed by atoms with E-state index in [9.17, 15) is 19.5 Å². The Kier molecular flexibility index (Phi) is 6.24. The third-order valence-corrected chi connectivity index (χ3v) is 4.74. The van der Waals surface area contributed by atoms with Crippen LogP contribution in [0, 0.1) is 0 Å². The lowest BCUT2D eigenvalue weighted by molar-refractivity contribution is -0.139. The Morgan fingerprint density at radius 3 is 1.97 bits per heavy atom. The number of benzene rings is 2. The number of carbonyl (C=O) groups excluding carboxylic acids is 1. The minimum atomic E-state index is -1.14. The van der Waals surface area contributed by atoms with E-state index in [-0.39, 0.29) is 12.0 Å². The van der Waals surface area contributed by atoms with Crippen molar-refractivity contribution in [3.8, 4) is 0 Å². The lowest BCUT2D eigenvalue weighted by Gasteiger charge is -2.22. The number of carbonyl (C=O) groups is 2. The lowest BCUT2D eigenvalue weighted by Crippen LogP contribution is -2.43. The molecule has 0 fully saturated rings. The van der Waals surface area contributed by atoms with Gasteiger partial charge in [0.1, 0.15) is 11.6 Å². The highest BCUT2D eigenvalue weighted by Gasteiger charge is 2.23. The maximum Gasteiger partial charge on any atom is 0.326 e. The van der Waals surface area contributed by atoms with Crippen molar-refractivity contribution in [2.45, 2.75) is 25.4 Å². The standard InChI is InChI=1S/C23H22N2O4/c1-2-19(23(28)29)24-21(26)18-14-9-15-25(22(18)27)20(16-10-5-3-6-11-16)17-12-7-4-8-13-17/h3-15,19-20H,2H2,1H3,(H,24,26)(H,28,29). The number of pyridine rings is 1. The molecule has 0 spiro atoms. The van der Waals surface area contributed by atoms with Gasteiger partial charge in [0.05, 0.1) is 6.04 Å². The van der Waals surface area contributed by atoms with Crippen LogP contribution in [0.25, 0.3) is 0 Å². The quantitative estimate of drug-likeness (QED) is 0.649. The van der Waals surface area contributed by atoms with E-state index in [2.05, 4.69) is 5.32 Å². The Hall–Kier alpha value is -3.67. The summed E-state index contributed by atoms with van der Waals surface area (Å²) < 4.78 is 1.50. The van der Waals surface area contributed by atoms with Crippen molar-refractivity contribution in [3.63, 3.8) is 0 Å². The van der Waals surface area contributed by atoms with Crippen molar-refractivity contribution in [2.75, 3.05) is 0 Å². The topological polar surface area (TPSA) is 88.4 Å². The zero-order chi connectivity index (χ0) is 20.8. The Morgan fingerprint density at radius 2 is 1.48 bits per heavy atom. The summed E-state index contributed by atoms with van der Waals surface area (Å²) in [6.07, 6.45) is 1.86. The van der Waals surface area contributed by atoms with Crippen LogP contribution in [0.2, 0.25) is 0 Å². The normalized spacial score (nSPS) is 11.8. The Bertz CT molecular complexity index is 1010. The van der Waals surface area contributed by atoms with Crippen LogP contribution in [0.5, 0.6) is 0 Å². The highest BCUT2D eigenvalue weighted by atomic mass is 16.4. The van der Waals surface area contributed by atoms with Crippen molar-refractivity contribution in [1.82, 2.24) is 9.88 Å². The molecule has 1 heterocycles. The molecule has 1 aromatic heterocycles. The fourth-order valence-electron chi connectivity index (χ4n) is 3.24. The molecule has 2 N–H and O–H groups in total. The first-order chi connectivity index (χ1) is 14.0. The molecule has 3 aromatic rings. The largest absolute Gasteiger partial charge is 0.480 e. The first-order valence-electron chi connectivity index (χ1n) is 9.37. The average Bonchev–Trinajstić information content (AvgIpc) is 2.74. The number of rotatable bonds is 7. The molecule has 2 aromatic carbocycles. The number of carboxylic acid groups (broad SMARTS) is 1. The van der Waals surface area contributed by atoms with E-state index < -0.39 is 29.5 Å². The Labute approximate surface area is 168 Å². The van der Waals surface area contributed by atoms with Crippen LogP contribution < -0.4 is 10.9 Å². The SMILES string of the molecule is CCC(NC(=O)c1cccn(C(c2ccccc2)c2ccccc2)c1=O)C(=O)O. The molecule has 3 rings (SSSR count). The molecule has 0 radical (unpaired) electrons. The van der Waals surface area contributed by atoms with Gasteiger partial charge in [-0.25, -0.2) is 4.79 Å². The van der Waals surface area contributed by atoms with Gasteiger partial charge in [-0.2, -0.15) is 0 Å². The molecule has 148 valence electrons. The second kappa shape index (κ2) is 9.01. The minimum absolute atomic E-state index is 0.0935. The van der Waals surface area contributed by atoms with Crippen molar-refractivity contribution >= 4 is 11.9 Å². The second-order valence-corrected chi connectivity index (χ2v) is 6.63. The molecule has 6 heteroatoms. The van der Waals surface area contributed by atoms with E-state index in [1.54, 1.807) is 19.2 Å². The highest BCUT2D eigenvalue weighted by Crippen LogP contribution is 2.25. The maximum absolute atomic E-state index is 13.2. The Balaban J connectivity index is 2.07. The summed E-state index contributed by atoms with van der Waals surface area (Å²) in [6.45, 7) is 1.66. The first kappa shape index (κ1) is 20.1. The molecule has 1 unspecified atom stereocenters. The molecular weight excluding hydrogens is 368 g/mol. The molecule has 0 saturated heterocycles. The second-order valence-electron chi connectivity index (χ2n) is 6.63. The molecule has 6 nitrogen and oxygen atoms in total. The number of amides is 1. The summed E-state index contributed by atoms with van der Waals surface area (Å²) in [5.41, 5.74) is 1.22. The van der Waals surface area contributed by atoms with Gasteiger partial charge in [-0.15, -0.1) is 0 Å². The van der Waals surface area contributed by atoms with E-state index >= 15 is 0 Å². The van der Waals surface area contributed by atoms with Crippen LogP contribution in [0.3, 0.4) is 0 Å². The molecule has 1 amide bonds. The molecule has 0 saturated carbocycles. The summed E-state index contributed by atoms with van der Waals surface area (Å²) in [5, 5.41) is 11.6. The van der Waals surface area contributed by atoms with Crippen LogP contribution in [-0.2, 0) is 4.79 Å². The van der Waals surface area contributed by atoms with Crippen LogP contribution in [0.1, 0.15) is 40.9 Å². The molecule has 0 aliphatic rings. The van der Waals surface area contributed by atoms with Crippen molar-refractivity contribution < 1.29 is 14.7 Å². The summed E-state index contributed by atoms with van der Waals surface area (Å²) in [4.78, 5) is 37.0. The predicted molar refractivity (Wildman–Crippen MR) is 110 cm³/mol. The average molecular weight is 390 g/mol. The number of nitrogens with one attached hydrogen (secondary N) is 1. The summed E-state index contributed by atoms with van der Waals surface area (Å²) in [7, 11) is 0. The first-order valence-corrected chi connectivity index (χ1v) is 9.37. The van der Waals surface area contributed by atoms with Crippen molar-refractivity contribution in [2.24, 2.45) is 0 Å². The lowest BCUT2D eigenvalue weighted by atomic mass is 9.98. The van der Waals surface area contributed by atoms with Crippen LogP contribution >= 0.6 is 0 Å². The van der Waals surface area contributed by atoms with Gasteiger partial charge in [0, 0.05) is 6.20 Å². The smallest absolute Gasteiger partial charge is 0.326 e. The number of carboxylic acids is 1. The van der Waals surface area contributed by atoms with Gasteiger partial charge < -0.3 is 15.0 Å². The number of aromatic nitrogens is 1. The summed E-state index contributed by atoms with van der Waals surface area (Å²) in [5.74, 6) is -1.83. The van der Waals surface area contributed by atoms with Gasteiger partial charge in [-0.1, -0.05) is 67.6 Å². The van der Waals surface area contributed by atoms with Gasteiger partial charge in [-0.3, -0.25) is 9.59 Å². The van der Waals surface area contributed by atoms with Gasteiger partial charge in [-0.05, 0) is 29.7 Å². The summed E-state index contributed by atoms with van der Waals surface area (Å²) >= 11 is 0. The van der Waals surface area contributed by atoms with E-state index in [4.69, 9.17) is 0 Å². The van der Waals surface area contributed by atoms with Gasteiger partial charge in [0.2, 0.25) is 0 Å². The van der Waals surface area contributed by atoms with Gasteiger partial charge in [0.15, 0.2) is 0 Å². The Morgan fingerprint density at radius 1 is 0.931 bits per heavy atom. The predicted octanol–water partition coefficient (Wildman–Crippen LogP) is 3.08. The molecule has 1 atom stereocenters. The monoisotopic (exact) mass is 390 g/mol. The zero-order valence-electron chi connectivity index (χ0n) is 16.0.